The zero-order valence-corrected chi connectivity index (χ0v) is 8.83. The summed E-state index contributed by atoms with van der Waals surface area (Å²) in [6.45, 7) is 0.373. The number of nitrogens with zero attached hydrogens (tertiary/aromatic N) is 2. The molecule has 6 nitrogen and oxygen atoms in total. The Morgan fingerprint density at radius 3 is 2.94 bits per heavy atom. The molecule has 0 saturated carbocycles. The zero-order chi connectivity index (χ0) is 12.0. The topological polar surface area (TPSA) is 72.7 Å². The summed E-state index contributed by atoms with van der Waals surface area (Å²) in [4.78, 5) is 26.5. The minimum atomic E-state index is -0.824. The Morgan fingerprint density at radius 2 is 2.31 bits per heavy atom. The van der Waals surface area contributed by atoms with Gasteiger partial charge in [0.15, 0.2) is 0 Å². The molecule has 0 aliphatic carbocycles. The highest BCUT2D eigenvalue weighted by Gasteiger charge is 2.02. The number of hydrogen-bond donors (Lipinski definition) is 0. The van der Waals surface area contributed by atoms with Crippen LogP contribution in [0.2, 0.25) is 0 Å². The van der Waals surface area contributed by atoms with Crippen molar-refractivity contribution in [3.63, 3.8) is 0 Å². The number of aldehydes is 1. The van der Waals surface area contributed by atoms with Crippen molar-refractivity contribution in [1.82, 2.24) is 0 Å². The molecule has 0 fully saturated rings. The first-order valence-corrected chi connectivity index (χ1v) is 4.67. The fourth-order valence-corrected chi connectivity index (χ4v) is 1.22. The third kappa shape index (κ3) is 3.56. The van der Waals surface area contributed by atoms with Gasteiger partial charge in [0.1, 0.15) is 12.9 Å². The standard InChI is InChI=1S/C10H12N2O4/c1-11(5-6-16-12(14)15)10-4-2-3-9(7-10)8-13/h2-4,7-8H,5-6H2,1H3. The Bertz CT molecular complexity index is 381. The van der Waals surface area contributed by atoms with Gasteiger partial charge in [0.05, 0.1) is 0 Å². The number of likely N-dealkylation sites (N-methyl/N-ethyl adjacent to an activating group) is 1. The molecule has 0 bridgehead atoms. The third-order valence-corrected chi connectivity index (χ3v) is 2.07. The zero-order valence-electron chi connectivity index (χ0n) is 8.83. The highest BCUT2D eigenvalue weighted by molar-refractivity contribution is 5.77. The summed E-state index contributed by atoms with van der Waals surface area (Å²) in [6.07, 6.45) is 0.755. The maximum absolute atomic E-state index is 10.6. The average Bonchev–Trinajstić information content (AvgIpc) is 2.28. The Morgan fingerprint density at radius 1 is 1.56 bits per heavy atom. The van der Waals surface area contributed by atoms with Crippen LogP contribution in [0.4, 0.5) is 5.69 Å². The molecule has 0 aromatic heterocycles. The summed E-state index contributed by atoms with van der Waals surface area (Å²) in [5.41, 5.74) is 1.39. The summed E-state index contributed by atoms with van der Waals surface area (Å²) in [7, 11) is 1.77. The maximum atomic E-state index is 10.6. The second-order valence-electron chi connectivity index (χ2n) is 3.19. The van der Waals surface area contributed by atoms with Crippen LogP contribution in [0.5, 0.6) is 0 Å². The fraction of sp³-hybridized carbons (Fsp3) is 0.300. The van der Waals surface area contributed by atoms with Crippen molar-refractivity contribution in [2.24, 2.45) is 0 Å². The Labute approximate surface area is 92.5 Å². The van der Waals surface area contributed by atoms with Gasteiger partial charge < -0.3 is 9.74 Å². The van der Waals surface area contributed by atoms with Gasteiger partial charge in [-0.15, -0.1) is 10.1 Å². The van der Waals surface area contributed by atoms with E-state index >= 15 is 0 Å². The van der Waals surface area contributed by atoms with E-state index in [1.54, 1.807) is 30.1 Å². The molecule has 0 atom stereocenters. The van der Waals surface area contributed by atoms with Crippen LogP contribution in [0.3, 0.4) is 0 Å². The van der Waals surface area contributed by atoms with Crippen molar-refractivity contribution < 1.29 is 14.7 Å². The van der Waals surface area contributed by atoms with E-state index in [4.69, 9.17) is 0 Å². The molecular formula is C10H12N2O4. The molecule has 0 N–H and O–H groups in total. The van der Waals surface area contributed by atoms with Crippen LogP contribution in [0.25, 0.3) is 0 Å². The predicted molar refractivity (Wildman–Crippen MR) is 58.0 cm³/mol. The summed E-state index contributed by atoms with van der Waals surface area (Å²) >= 11 is 0. The van der Waals surface area contributed by atoms with Crippen LogP contribution in [-0.2, 0) is 4.84 Å². The molecular weight excluding hydrogens is 212 g/mol. The minimum Gasteiger partial charge on any atom is -0.373 e. The molecule has 0 amide bonds. The number of benzene rings is 1. The lowest BCUT2D eigenvalue weighted by atomic mass is 10.2. The first-order valence-electron chi connectivity index (χ1n) is 4.67. The molecule has 1 aromatic carbocycles. The van der Waals surface area contributed by atoms with E-state index in [1.165, 1.54) is 0 Å². The van der Waals surface area contributed by atoms with Crippen LogP contribution < -0.4 is 4.90 Å². The van der Waals surface area contributed by atoms with Gasteiger partial charge in [0.25, 0.3) is 5.09 Å². The van der Waals surface area contributed by atoms with Gasteiger partial charge in [-0.1, -0.05) is 12.1 Å². The van der Waals surface area contributed by atoms with Gasteiger partial charge in [-0.25, -0.2) is 0 Å². The lowest BCUT2D eigenvalue weighted by molar-refractivity contribution is -0.757. The Kier molecular flexibility index (Phi) is 4.26. The van der Waals surface area contributed by atoms with Crippen molar-refractivity contribution >= 4 is 12.0 Å². The van der Waals surface area contributed by atoms with Gasteiger partial charge in [-0.3, -0.25) is 4.79 Å². The molecule has 16 heavy (non-hydrogen) atoms. The van der Waals surface area contributed by atoms with E-state index in [0.29, 0.717) is 12.1 Å². The molecule has 0 heterocycles. The lowest BCUT2D eigenvalue weighted by Gasteiger charge is -2.18. The monoisotopic (exact) mass is 224 g/mol. The van der Waals surface area contributed by atoms with Crippen molar-refractivity contribution in [1.29, 1.82) is 0 Å². The van der Waals surface area contributed by atoms with Crippen molar-refractivity contribution in [3.05, 3.63) is 39.9 Å². The minimum absolute atomic E-state index is 0.00514. The van der Waals surface area contributed by atoms with E-state index in [1.807, 2.05) is 6.07 Å². The number of hydrogen-bond acceptors (Lipinski definition) is 5. The Hall–Kier alpha value is -2.11. The van der Waals surface area contributed by atoms with Crippen LogP contribution in [0.1, 0.15) is 10.4 Å². The summed E-state index contributed by atoms with van der Waals surface area (Å²) < 4.78 is 0. The van der Waals surface area contributed by atoms with Crippen molar-refractivity contribution in [2.45, 2.75) is 0 Å². The summed E-state index contributed by atoms with van der Waals surface area (Å²) in [5, 5.41) is 9.11. The molecule has 0 aliphatic heterocycles. The highest BCUT2D eigenvalue weighted by atomic mass is 16.9. The van der Waals surface area contributed by atoms with E-state index in [2.05, 4.69) is 4.84 Å². The number of carbonyl (C=O) groups is 1. The van der Waals surface area contributed by atoms with Gasteiger partial charge in [-0.05, 0) is 12.1 Å². The maximum Gasteiger partial charge on any atom is 0.294 e. The quantitative estimate of drug-likeness (QED) is 0.411. The van der Waals surface area contributed by atoms with Crippen LogP contribution in [0.15, 0.2) is 24.3 Å². The molecule has 6 heteroatoms. The second kappa shape index (κ2) is 5.69. The molecule has 0 radical (unpaired) electrons. The summed E-state index contributed by atoms with van der Waals surface area (Å²) in [6, 6.07) is 6.97. The normalized spacial score (nSPS) is 9.56. The van der Waals surface area contributed by atoms with Crippen LogP contribution >= 0.6 is 0 Å². The summed E-state index contributed by atoms with van der Waals surface area (Å²) in [5.74, 6) is 0. The largest absolute Gasteiger partial charge is 0.373 e. The smallest absolute Gasteiger partial charge is 0.294 e. The van der Waals surface area contributed by atoms with E-state index < -0.39 is 5.09 Å². The first-order chi connectivity index (χ1) is 7.63. The second-order valence-corrected chi connectivity index (χ2v) is 3.19. The molecule has 0 aliphatic rings. The number of rotatable bonds is 6. The SMILES string of the molecule is CN(CCO[N+](=O)[O-])c1cccc(C=O)c1. The number of carbonyl (C=O) groups excluding carboxylic acids is 1. The van der Waals surface area contributed by atoms with Crippen LogP contribution in [-0.4, -0.2) is 31.6 Å². The van der Waals surface area contributed by atoms with E-state index in [-0.39, 0.29) is 6.61 Å². The van der Waals surface area contributed by atoms with E-state index in [9.17, 15) is 14.9 Å². The lowest BCUT2D eigenvalue weighted by Crippen LogP contribution is -2.23. The van der Waals surface area contributed by atoms with Crippen molar-refractivity contribution in [3.8, 4) is 0 Å². The molecule has 0 spiro atoms. The molecule has 0 saturated heterocycles. The molecule has 1 rings (SSSR count). The molecule has 1 aromatic rings. The predicted octanol–water partition coefficient (Wildman–Crippen LogP) is 1.14. The first kappa shape index (κ1) is 12.0. The highest BCUT2D eigenvalue weighted by Crippen LogP contribution is 2.13. The average molecular weight is 224 g/mol. The molecule has 0 unspecified atom stereocenters. The molecule has 86 valence electrons. The third-order valence-electron chi connectivity index (χ3n) is 2.07. The van der Waals surface area contributed by atoms with Crippen LogP contribution in [0, 0.1) is 10.1 Å². The van der Waals surface area contributed by atoms with Gasteiger partial charge in [0.2, 0.25) is 0 Å². The van der Waals surface area contributed by atoms with Gasteiger partial charge >= 0.3 is 0 Å². The number of anilines is 1. The fourth-order valence-electron chi connectivity index (χ4n) is 1.22. The Balaban J connectivity index is 2.54. The van der Waals surface area contributed by atoms with E-state index in [0.717, 1.165) is 12.0 Å². The van der Waals surface area contributed by atoms with Gasteiger partial charge in [0, 0.05) is 24.8 Å². The van der Waals surface area contributed by atoms with Gasteiger partial charge in [-0.2, -0.15) is 0 Å². The van der Waals surface area contributed by atoms with Crippen molar-refractivity contribution in [2.75, 3.05) is 25.1 Å².